The van der Waals surface area contributed by atoms with Gasteiger partial charge in [0.2, 0.25) is 0 Å². The Kier molecular flexibility index (Phi) is 2.79. The van der Waals surface area contributed by atoms with Crippen molar-refractivity contribution in [3.8, 4) is 5.75 Å². The van der Waals surface area contributed by atoms with Crippen molar-refractivity contribution >= 4 is 6.08 Å². The molecule has 1 heterocycles. The van der Waals surface area contributed by atoms with E-state index in [0.29, 0.717) is 5.92 Å². The number of benzene rings is 1. The highest BCUT2D eigenvalue weighted by Gasteiger charge is 2.25. The fraction of sp³-hybridized carbons (Fsp3) is 0.467. The predicted octanol–water partition coefficient (Wildman–Crippen LogP) is 4.38. The van der Waals surface area contributed by atoms with Gasteiger partial charge in [0.1, 0.15) is 11.4 Å². The van der Waals surface area contributed by atoms with Gasteiger partial charge in [0, 0.05) is 5.56 Å². The lowest BCUT2D eigenvalue weighted by Gasteiger charge is -2.31. The molecule has 0 aromatic heterocycles. The van der Waals surface area contributed by atoms with Gasteiger partial charge in [-0.05, 0) is 43.0 Å². The zero-order valence-electron chi connectivity index (χ0n) is 10.6. The summed E-state index contributed by atoms with van der Waals surface area (Å²) in [4.78, 5) is 0. The molecule has 1 aliphatic rings. The average molecular weight is 216 g/mol. The first kappa shape index (κ1) is 11.3. The Morgan fingerprint density at radius 2 is 2.06 bits per heavy atom. The van der Waals surface area contributed by atoms with E-state index < -0.39 is 0 Å². The second kappa shape index (κ2) is 3.97. The zero-order valence-corrected chi connectivity index (χ0v) is 10.6. The number of rotatable bonds is 2. The van der Waals surface area contributed by atoms with Crippen LogP contribution in [-0.2, 0) is 0 Å². The van der Waals surface area contributed by atoms with Gasteiger partial charge in [-0.2, -0.15) is 0 Å². The second-order valence-corrected chi connectivity index (χ2v) is 5.05. The molecule has 0 fully saturated rings. The lowest BCUT2D eigenvalue weighted by Crippen LogP contribution is -2.30. The zero-order chi connectivity index (χ0) is 11.8. The molecule has 1 aliphatic heterocycles. The van der Waals surface area contributed by atoms with E-state index in [1.165, 1.54) is 11.1 Å². The largest absolute Gasteiger partial charge is 0.483 e. The highest BCUT2D eigenvalue weighted by molar-refractivity contribution is 5.62. The van der Waals surface area contributed by atoms with Crippen molar-refractivity contribution in [2.24, 2.45) is 0 Å². The molecule has 1 aromatic rings. The Morgan fingerprint density at radius 1 is 1.31 bits per heavy atom. The molecular formula is C15H20O. The topological polar surface area (TPSA) is 9.23 Å². The highest BCUT2D eigenvalue weighted by atomic mass is 16.5. The molecule has 0 radical (unpaired) electrons. The van der Waals surface area contributed by atoms with Gasteiger partial charge < -0.3 is 4.74 Å². The first-order chi connectivity index (χ1) is 7.54. The van der Waals surface area contributed by atoms with Crippen molar-refractivity contribution in [2.45, 2.75) is 45.6 Å². The van der Waals surface area contributed by atoms with E-state index in [-0.39, 0.29) is 5.60 Å². The van der Waals surface area contributed by atoms with Crippen LogP contribution in [0, 0.1) is 0 Å². The highest BCUT2D eigenvalue weighted by Crippen LogP contribution is 2.34. The number of hydrogen-bond acceptors (Lipinski definition) is 1. The Labute approximate surface area is 98.1 Å². The van der Waals surface area contributed by atoms with Gasteiger partial charge in [0.05, 0.1) is 0 Å². The summed E-state index contributed by atoms with van der Waals surface area (Å²) in [6, 6.07) is 6.49. The molecule has 0 spiro atoms. The molecule has 1 aromatic carbocycles. The summed E-state index contributed by atoms with van der Waals surface area (Å²) in [5.41, 5.74) is 2.44. The summed E-state index contributed by atoms with van der Waals surface area (Å²) in [6.45, 7) is 8.71. The maximum Gasteiger partial charge on any atom is 0.127 e. The van der Waals surface area contributed by atoms with Gasteiger partial charge >= 0.3 is 0 Å². The van der Waals surface area contributed by atoms with E-state index in [4.69, 9.17) is 4.74 Å². The first-order valence-corrected chi connectivity index (χ1v) is 6.06. The molecule has 1 nitrogen and oxygen atoms in total. The van der Waals surface area contributed by atoms with E-state index in [0.717, 1.165) is 12.2 Å². The number of fused-ring (bicyclic) bond motifs is 1. The molecule has 0 saturated heterocycles. The van der Waals surface area contributed by atoms with Crippen LogP contribution in [0.15, 0.2) is 24.3 Å². The smallest absolute Gasteiger partial charge is 0.127 e. The van der Waals surface area contributed by atoms with Crippen molar-refractivity contribution in [1.29, 1.82) is 0 Å². The van der Waals surface area contributed by atoms with Gasteiger partial charge in [-0.3, -0.25) is 0 Å². The molecule has 0 saturated carbocycles. The third-order valence-corrected chi connectivity index (χ3v) is 3.36. The average Bonchev–Trinajstić information content (AvgIpc) is 2.28. The molecule has 0 N–H and O–H groups in total. The first-order valence-electron chi connectivity index (χ1n) is 6.06. The third kappa shape index (κ3) is 1.99. The van der Waals surface area contributed by atoms with Gasteiger partial charge in [-0.25, -0.2) is 0 Å². The lowest BCUT2D eigenvalue weighted by atomic mass is 9.95. The Balaban J connectivity index is 2.36. The van der Waals surface area contributed by atoms with E-state index in [9.17, 15) is 0 Å². The number of hydrogen-bond donors (Lipinski definition) is 0. The Bertz CT molecular complexity index is 417. The van der Waals surface area contributed by atoms with Crippen molar-refractivity contribution in [3.05, 3.63) is 35.4 Å². The van der Waals surface area contributed by atoms with Crippen LogP contribution in [0.5, 0.6) is 5.75 Å². The molecule has 1 atom stereocenters. The van der Waals surface area contributed by atoms with Gasteiger partial charge in [-0.15, -0.1) is 0 Å². The van der Waals surface area contributed by atoms with Crippen molar-refractivity contribution in [1.82, 2.24) is 0 Å². The minimum Gasteiger partial charge on any atom is -0.483 e. The summed E-state index contributed by atoms with van der Waals surface area (Å²) >= 11 is 0. The van der Waals surface area contributed by atoms with Crippen LogP contribution in [0.2, 0.25) is 0 Å². The van der Waals surface area contributed by atoms with E-state index in [2.05, 4.69) is 58.0 Å². The van der Waals surface area contributed by atoms with Crippen molar-refractivity contribution in [2.75, 3.05) is 0 Å². The van der Waals surface area contributed by atoms with Crippen LogP contribution in [0.1, 0.15) is 51.2 Å². The molecular weight excluding hydrogens is 196 g/mol. The number of ether oxygens (including phenoxy) is 1. The van der Waals surface area contributed by atoms with Crippen LogP contribution in [0.25, 0.3) is 6.08 Å². The molecule has 0 bridgehead atoms. The summed E-state index contributed by atoms with van der Waals surface area (Å²) in [5, 5.41) is 0. The van der Waals surface area contributed by atoms with Crippen LogP contribution < -0.4 is 4.74 Å². The van der Waals surface area contributed by atoms with E-state index in [1.807, 2.05) is 0 Å². The van der Waals surface area contributed by atoms with Gasteiger partial charge in [0.15, 0.2) is 0 Å². The van der Waals surface area contributed by atoms with E-state index >= 15 is 0 Å². The van der Waals surface area contributed by atoms with Crippen LogP contribution in [0.4, 0.5) is 0 Å². The Morgan fingerprint density at radius 3 is 2.69 bits per heavy atom. The summed E-state index contributed by atoms with van der Waals surface area (Å²) < 4.78 is 6.02. The summed E-state index contributed by atoms with van der Waals surface area (Å²) in [7, 11) is 0. The molecule has 1 heteroatoms. The normalized spacial score (nSPS) is 23.1. The Hall–Kier alpha value is -1.24. The molecule has 16 heavy (non-hydrogen) atoms. The summed E-state index contributed by atoms with van der Waals surface area (Å²) in [5.74, 6) is 1.58. The second-order valence-electron chi connectivity index (χ2n) is 5.05. The lowest BCUT2D eigenvalue weighted by molar-refractivity contribution is 0.133. The predicted molar refractivity (Wildman–Crippen MR) is 68.9 cm³/mol. The fourth-order valence-electron chi connectivity index (χ4n) is 1.89. The maximum absolute atomic E-state index is 6.02. The van der Waals surface area contributed by atoms with Crippen LogP contribution >= 0.6 is 0 Å². The van der Waals surface area contributed by atoms with Crippen molar-refractivity contribution < 1.29 is 4.74 Å². The fourth-order valence-corrected chi connectivity index (χ4v) is 1.89. The third-order valence-electron chi connectivity index (χ3n) is 3.36. The minimum atomic E-state index is -0.133. The SMILES string of the molecule is CCC1(C)C=Cc2cc(C(C)C)ccc2O1. The van der Waals surface area contributed by atoms with Crippen LogP contribution in [-0.4, -0.2) is 5.60 Å². The van der Waals surface area contributed by atoms with Crippen LogP contribution in [0.3, 0.4) is 0 Å². The molecule has 2 rings (SSSR count). The van der Waals surface area contributed by atoms with Gasteiger partial charge in [-0.1, -0.05) is 32.9 Å². The van der Waals surface area contributed by atoms with Crippen molar-refractivity contribution in [3.63, 3.8) is 0 Å². The standard InChI is InChI=1S/C15H20O/c1-5-15(4)9-8-13-10-12(11(2)3)6-7-14(13)16-15/h6-11H,5H2,1-4H3. The quantitative estimate of drug-likeness (QED) is 0.712. The van der Waals surface area contributed by atoms with E-state index in [1.54, 1.807) is 0 Å². The maximum atomic E-state index is 6.02. The molecule has 1 unspecified atom stereocenters. The minimum absolute atomic E-state index is 0.133. The molecule has 0 aliphatic carbocycles. The summed E-state index contributed by atoms with van der Waals surface area (Å²) in [6.07, 6.45) is 5.35. The monoisotopic (exact) mass is 216 g/mol. The van der Waals surface area contributed by atoms with Gasteiger partial charge in [0.25, 0.3) is 0 Å². The molecule has 86 valence electrons. The molecule has 0 amide bonds.